The fourth-order valence-corrected chi connectivity index (χ4v) is 0.545. The molecule has 0 aromatic carbocycles. The molecule has 0 heterocycles. The molecule has 0 aromatic heterocycles. The predicted molar refractivity (Wildman–Crippen MR) is 37.2 cm³/mol. The van der Waals surface area contributed by atoms with Crippen molar-refractivity contribution in [1.29, 1.82) is 0 Å². The first-order valence-corrected chi connectivity index (χ1v) is 3.58. The van der Waals surface area contributed by atoms with Gasteiger partial charge in [0, 0.05) is 6.54 Å². The Morgan fingerprint density at radius 2 is 2.29 bits per heavy atom. The molecular weight excluding hydrogens is 106 g/mol. The Morgan fingerprint density at radius 3 is 2.43 bits per heavy atom. The van der Waals surface area contributed by atoms with Crippen molar-refractivity contribution in [3.8, 4) is 0 Å². The maximum atomic E-state index is 4.12. The van der Waals surface area contributed by atoms with E-state index in [1.165, 1.54) is 5.04 Å². The van der Waals surface area contributed by atoms with E-state index in [0.29, 0.717) is 0 Å². The van der Waals surface area contributed by atoms with E-state index in [9.17, 15) is 0 Å². The van der Waals surface area contributed by atoms with Crippen LogP contribution in [-0.2, 0) is 0 Å². The van der Waals surface area contributed by atoms with E-state index in [-0.39, 0.29) is 0 Å². The summed E-state index contributed by atoms with van der Waals surface area (Å²) in [6.45, 7) is 4.97. The highest BCUT2D eigenvalue weighted by molar-refractivity contribution is 8.13. The molecule has 0 aliphatic carbocycles. The number of hydrogen-bond donors (Lipinski definition) is 0. The number of thioether (sulfide) groups is 1. The summed E-state index contributed by atoms with van der Waals surface area (Å²) in [6.07, 6.45) is 2.04. The Balaban J connectivity index is 3.29. The highest BCUT2D eigenvalue weighted by Crippen LogP contribution is 1.94. The third kappa shape index (κ3) is 3.86. The molecule has 0 amide bonds. The molecule has 0 N–H and O–H groups in total. The van der Waals surface area contributed by atoms with Crippen LogP contribution < -0.4 is 0 Å². The SMILES string of the molecule is CC/N=C(/C)SC. The Kier molecular flexibility index (Phi) is 4.20. The molecule has 0 rings (SSSR count). The molecule has 0 aliphatic rings. The van der Waals surface area contributed by atoms with Crippen LogP contribution in [0.2, 0.25) is 0 Å². The van der Waals surface area contributed by atoms with Crippen molar-refractivity contribution in [2.75, 3.05) is 12.8 Å². The molecule has 42 valence electrons. The van der Waals surface area contributed by atoms with Crippen LogP contribution in [0.1, 0.15) is 13.8 Å². The number of rotatable bonds is 1. The second-order valence-corrected chi connectivity index (χ2v) is 2.20. The number of aliphatic imine (C=N–C) groups is 1. The van der Waals surface area contributed by atoms with Gasteiger partial charge in [-0.2, -0.15) is 0 Å². The van der Waals surface area contributed by atoms with Crippen molar-refractivity contribution in [1.82, 2.24) is 0 Å². The maximum Gasteiger partial charge on any atom is 0.0642 e. The third-order valence-electron chi connectivity index (χ3n) is 0.676. The van der Waals surface area contributed by atoms with Crippen LogP contribution >= 0.6 is 11.8 Å². The Bertz CT molecular complexity index is 68.5. The lowest BCUT2D eigenvalue weighted by Gasteiger charge is -1.87. The van der Waals surface area contributed by atoms with Gasteiger partial charge in [-0.25, -0.2) is 0 Å². The molecule has 0 fully saturated rings. The lowest BCUT2D eigenvalue weighted by atomic mass is 10.7. The van der Waals surface area contributed by atoms with Gasteiger partial charge in [0.1, 0.15) is 0 Å². The van der Waals surface area contributed by atoms with E-state index >= 15 is 0 Å². The molecule has 7 heavy (non-hydrogen) atoms. The molecule has 0 atom stereocenters. The maximum absolute atomic E-state index is 4.12. The third-order valence-corrected chi connectivity index (χ3v) is 1.40. The van der Waals surface area contributed by atoms with E-state index in [1.807, 2.05) is 20.1 Å². The monoisotopic (exact) mass is 117 g/mol. The first kappa shape index (κ1) is 7.02. The first-order chi connectivity index (χ1) is 3.31. The van der Waals surface area contributed by atoms with Crippen molar-refractivity contribution in [2.24, 2.45) is 4.99 Å². The van der Waals surface area contributed by atoms with Gasteiger partial charge in [0.25, 0.3) is 0 Å². The molecule has 0 saturated heterocycles. The van der Waals surface area contributed by atoms with Gasteiger partial charge in [0.05, 0.1) is 5.04 Å². The predicted octanol–water partition coefficient (Wildman–Crippen LogP) is 1.79. The molecule has 0 aliphatic heterocycles. The Labute approximate surface area is 49.2 Å². The van der Waals surface area contributed by atoms with Crippen LogP contribution in [0.25, 0.3) is 0 Å². The lowest BCUT2D eigenvalue weighted by molar-refractivity contribution is 1.13. The average Bonchev–Trinajstić information content (AvgIpc) is 1.68. The van der Waals surface area contributed by atoms with Gasteiger partial charge in [0.2, 0.25) is 0 Å². The summed E-state index contributed by atoms with van der Waals surface area (Å²) >= 11 is 1.70. The molecule has 0 saturated carbocycles. The zero-order chi connectivity index (χ0) is 5.70. The van der Waals surface area contributed by atoms with Crippen molar-refractivity contribution in [2.45, 2.75) is 13.8 Å². The zero-order valence-corrected chi connectivity index (χ0v) is 5.88. The zero-order valence-electron chi connectivity index (χ0n) is 5.06. The summed E-state index contributed by atoms with van der Waals surface area (Å²) in [5.41, 5.74) is 0. The lowest BCUT2D eigenvalue weighted by Crippen LogP contribution is -1.80. The first-order valence-electron chi connectivity index (χ1n) is 2.36. The standard InChI is InChI=1S/C5H11NS/c1-4-6-5(2)7-3/h4H2,1-3H3/b6-5-. The molecule has 1 nitrogen and oxygen atoms in total. The Hall–Kier alpha value is 0.0200. The second kappa shape index (κ2) is 4.19. The van der Waals surface area contributed by atoms with E-state index in [4.69, 9.17) is 0 Å². The van der Waals surface area contributed by atoms with E-state index in [1.54, 1.807) is 11.8 Å². The minimum absolute atomic E-state index is 0.909. The van der Waals surface area contributed by atoms with Crippen molar-refractivity contribution in [3.05, 3.63) is 0 Å². The highest BCUT2D eigenvalue weighted by atomic mass is 32.2. The smallest absolute Gasteiger partial charge is 0.0642 e. The summed E-state index contributed by atoms with van der Waals surface area (Å²) in [5, 5.41) is 1.17. The van der Waals surface area contributed by atoms with E-state index in [2.05, 4.69) is 4.99 Å². The average molecular weight is 117 g/mol. The molecule has 0 aromatic rings. The van der Waals surface area contributed by atoms with Crippen molar-refractivity contribution >= 4 is 16.8 Å². The van der Waals surface area contributed by atoms with Crippen LogP contribution in [0.4, 0.5) is 0 Å². The topological polar surface area (TPSA) is 12.4 Å². The summed E-state index contributed by atoms with van der Waals surface area (Å²) in [7, 11) is 0. The van der Waals surface area contributed by atoms with Crippen LogP contribution in [0.3, 0.4) is 0 Å². The minimum atomic E-state index is 0.909. The summed E-state index contributed by atoms with van der Waals surface area (Å²) in [4.78, 5) is 4.12. The van der Waals surface area contributed by atoms with Gasteiger partial charge in [0.15, 0.2) is 0 Å². The molecule has 2 heteroatoms. The van der Waals surface area contributed by atoms with E-state index in [0.717, 1.165) is 6.54 Å². The van der Waals surface area contributed by atoms with E-state index < -0.39 is 0 Å². The number of nitrogens with zero attached hydrogens (tertiary/aromatic N) is 1. The highest BCUT2D eigenvalue weighted by Gasteiger charge is 1.78. The fourth-order valence-electron chi connectivity index (χ4n) is 0.287. The van der Waals surface area contributed by atoms with Gasteiger partial charge in [-0.15, -0.1) is 11.8 Å². The molecule has 0 unspecified atom stereocenters. The van der Waals surface area contributed by atoms with Crippen molar-refractivity contribution < 1.29 is 0 Å². The van der Waals surface area contributed by atoms with Crippen LogP contribution in [0.5, 0.6) is 0 Å². The van der Waals surface area contributed by atoms with Gasteiger partial charge >= 0.3 is 0 Å². The van der Waals surface area contributed by atoms with Crippen LogP contribution in [0, 0.1) is 0 Å². The Morgan fingerprint density at radius 1 is 1.71 bits per heavy atom. The second-order valence-electron chi connectivity index (χ2n) is 1.20. The van der Waals surface area contributed by atoms with Gasteiger partial charge < -0.3 is 0 Å². The van der Waals surface area contributed by atoms with Gasteiger partial charge in [-0.3, -0.25) is 4.99 Å². The van der Waals surface area contributed by atoms with Crippen LogP contribution in [-0.4, -0.2) is 17.8 Å². The molecular formula is C5H11NS. The summed E-state index contributed by atoms with van der Waals surface area (Å²) < 4.78 is 0. The van der Waals surface area contributed by atoms with Crippen molar-refractivity contribution in [3.63, 3.8) is 0 Å². The minimum Gasteiger partial charge on any atom is -0.284 e. The molecule has 0 spiro atoms. The van der Waals surface area contributed by atoms with Crippen LogP contribution in [0.15, 0.2) is 4.99 Å². The summed E-state index contributed by atoms with van der Waals surface area (Å²) in [6, 6.07) is 0. The largest absolute Gasteiger partial charge is 0.284 e. The molecule has 0 radical (unpaired) electrons. The summed E-state index contributed by atoms with van der Waals surface area (Å²) in [5.74, 6) is 0. The van der Waals surface area contributed by atoms with Gasteiger partial charge in [-0.05, 0) is 20.1 Å². The van der Waals surface area contributed by atoms with Gasteiger partial charge in [-0.1, -0.05) is 0 Å². The fraction of sp³-hybridized carbons (Fsp3) is 0.800. The molecule has 0 bridgehead atoms. The quantitative estimate of drug-likeness (QED) is 0.377. The normalized spacial score (nSPS) is 12.1. The number of hydrogen-bond acceptors (Lipinski definition) is 2.